The number of nitrogens with one attached hydrogen (secondary N) is 2. The van der Waals surface area contributed by atoms with Gasteiger partial charge in [0, 0.05) is 23.0 Å². The van der Waals surface area contributed by atoms with E-state index in [9.17, 15) is 18.0 Å². The number of nitrogens with zero attached hydrogens (tertiary/aromatic N) is 3. The second-order valence-corrected chi connectivity index (χ2v) is 6.26. The molecule has 2 heterocycles. The second-order valence-electron chi connectivity index (χ2n) is 5.87. The Morgan fingerprint density at radius 2 is 2.10 bits per heavy atom. The molecule has 1 aromatic carbocycles. The zero-order valence-electron chi connectivity index (χ0n) is 14.8. The highest BCUT2D eigenvalue weighted by Crippen LogP contribution is 2.24. The third kappa shape index (κ3) is 5.08. The number of hydrogen-bond acceptors (Lipinski definition) is 3. The molecule has 0 aliphatic carbocycles. The number of carbonyl (C=O) groups is 1. The van der Waals surface area contributed by atoms with E-state index in [0.29, 0.717) is 27.4 Å². The number of halogens is 3. The number of urea groups is 1. The molecular weight excluding hydrogens is 405 g/mol. The first-order valence-corrected chi connectivity index (χ1v) is 8.65. The Kier molecular flexibility index (Phi) is 5.78. The highest BCUT2D eigenvalue weighted by atomic mass is 32.1. The summed E-state index contributed by atoms with van der Waals surface area (Å²) < 4.78 is 38.4. The lowest BCUT2D eigenvalue weighted by molar-refractivity contribution is -0.122. The topological polar surface area (TPSA) is 96.8 Å². The van der Waals surface area contributed by atoms with Crippen molar-refractivity contribution in [2.24, 2.45) is 10.7 Å². The van der Waals surface area contributed by atoms with Gasteiger partial charge in [-0.25, -0.2) is 14.8 Å². The maximum Gasteiger partial charge on any atom is 0.405 e. The maximum absolute atomic E-state index is 12.2. The number of thiocarbonyl (C=S) groups is 1. The van der Waals surface area contributed by atoms with Gasteiger partial charge in [-0.1, -0.05) is 24.4 Å². The van der Waals surface area contributed by atoms with E-state index in [1.165, 1.54) is 0 Å². The molecule has 0 saturated heterocycles. The number of carbonyl (C=O) groups excluding carboxylic acids is 1. The molecule has 11 heteroatoms. The quantitative estimate of drug-likeness (QED) is 0.343. The van der Waals surface area contributed by atoms with Gasteiger partial charge in [-0.15, -0.1) is 0 Å². The first kappa shape index (κ1) is 20.3. The van der Waals surface area contributed by atoms with Crippen LogP contribution in [0.15, 0.2) is 53.8 Å². The number of imidazole rings is 1. The zero-order chi connectivity index (χ0) is 21.0. The van der Waals surface area contributed by atoms with E-state index in [0.717, 1.165) is 12.0 Å². The third-order valence-corrected chi connectivity index (χ3v) is 4.16. The Bertz CT molecular complexity index is 1090. The van der Waals surface area contributed by atoms with Crippen LogP contribution < -0.4 is 16.4 Å². The largest absolute Gasteiger partial charge is 0.405 e. The average Bonchev–Trinajstić information content (AvgIpc) is 3.09. The van der Waals surface area contributed by atoms with Crippen molar-refractivity contribution in [1.82, 2.24) is 14.7 Å². The van der Waals surface area contributed by atoms with Crippen molar-refractivity contribution in [2.45, 2.75) is 6.18 Å². The first-order valence-electron chi connectivity index (χ1n) is 8.24. The van der Waals surface area contributed by atoms with Crippen LogP contribution >= 0.6 is 12.2 Å². The summed E-state index contributed by atoms with van der Waals surface area (Å²) in [7, 11) is 0. The van der Waals surface area contributed by atoms with E-state index in [1.807, 2.05) is 0 Å². The summed E-state index contributed by atoms with van der Waals surface area (Å²) >= 11 is 5.15. The number of anilines is 1. The Morgan fingerprint density at radius 3 is 2.83 bits per heavy atom. The van der Waals surface area contributed by atoms with Crippen molar-refractivity contribution in [1.29, 1.82) is 0 Å². The summed E-state index contributed by atoms with van der Waals surface area (Å²) in [5.41, 5.74) is 8.33. The van der Waals surface area contributed by atoms with Crippen LogP contribution in [0.1, 0.15) is 5.56 Å². The molecule has 3 aromatic rings. The maximum atomic E-state index is 12.2. The molecule has 7 nitrogen and oxygen atoms in total. The van der Waals surface area contributed by atoms with Crippen LogP contribution in [0.25, 0.3) is 16.9 Å². The first-order chi connectivity index (χ1) is 13.8. The highest BCUT2D eigenvalue weighted by molar-refractivity contribution is 7.80. The van der Waals surface area contributed by atoms with Crippen molar-refractivity contribution in [3.63, 3.8) is 0 Å². The zero-order valence-corrected chi connectivity index (χ0v) is 15.6. The van der Waals surface area contributed by atoms with Gasteiger partial charge in [0.05, 0.1) is 18.2 Å². The molecule has 0 bridgehead atoms. The van der Waals surface area contributed by atoms with Crippen LogP contribution in [0, 0.1) is 0 Å². The van der Waals surface area contributed by atoms with Crippen LogP contribution in [-0.2, 0) is 0 Å². The molecular formula is C18H15F3N6OS. The summed E-state index contributed by atoms with van der Waals surface area (Å²) in [6, 6.07) is 9.24. The Balaban J connectivity index is 1.82. The van der Waals surface area contributed by atoms with Gasteiger partial charge in [-0.2, -0.15) is 13.2 Å². The predicted molar refractivity (Wildman–Crippen MR) is 108 cm³/mol. The Labute approximate surface area is 168 Å². The molecule has 0 fully saturated rings. The molecule has 3 rings (SSSR count). The molecule has 0 aliphatic heterocycles. The number of aliphatic imine (C=N–C) groups is 1. The number of aromatic nitrogens is 2. The summed E-state index contributed by atoms with van der Waals surface area (Å²) in [5.74, 6) is 0. The lowest BCUT2D eigenvalue weighted by atomic mass is 10.1. The number of fused-ring (bicyclic) bond motifs is 1. The molecule has 150 valence electrons. The predicted octanol–water partition coefficient (Wildman–Crippen LogP) is 3.35. The molecule has 0 aliphatic rings. The summed E-state index contributed by atoms with van der Waals surface area (Å²) in [6.45, 7) is -1.41. The average molecular weight is 420 g/mol. The van der Waals surface area contributed by atoms with Gasteiger partial charge in [0.25, 0.3) is 0 Å². The van der Waals surface area contributed by atoms with E-state index >= 15 is 0 Å². The van der Waals surface area contributed by atoms with Gasteiger partial charge in [0.2, 0.25) is 0 Å². The van der Waals surface area contributed by atoms with Crippen LogP contribution in [0.5, 0.6) is 0 Å². The van der Waals surface area contributed by atoms with Crippen LogP contribution in [0.2, 0.25) is 0 Å². The molecule has 2 amide bonds. The summed E-state index contributed by atoms with van der Waals surface area (Å²) in [4.78, 5) is 20.2. The van der Waals surface area contributed by atoms with Crippen molar-refractivity contribution < 1.29 is 18.0 Å². The number of benzene rings is 1. The van der Waals surface area contributed by atoms with E-state index in [1.54, 1.807) is 58.5 Å². The minimum Gasteiger partial charge on any atom is -0.390 e. The van der Waals surface area contributed by atoms with Crippen molar-refractivity contribution in [2.75, 3.05) is 11.9 Å². The minimum atomic E-state index is -4.48. The molecule has 4 N–H and O–H groups in total. The normalized spacial score (nSPS) is 11.7. The Hall–Kier alpha value is -3.47. The van der Waals surface area contributed by atoms with Crippen LogP contribution in [0.3, 0.4) is 0 Å². The second kappa shape index (κ2) is 8.27. The fourth-order valence-corrected chi connectivity index (χ4v) is 2.77. The van der Waals surface area contributed by atoms with E-state index in [4.69, 9.17) is 18.0 Å². The summed E-state index contributed by atoms with van der Waals surface area (Å²) in [5, 5.41) is 4.14. The molecule has 0 spiro atoms. The van der Waals surface area contributed by atoms with Crippen LogP contribution in [0.4, 0.5) is 23.7 Å². The molecule has 0 unspecified atom stereocenters. The van der Waals surface area contributed by atoms with Gasteiger partial charge in [-0.05, 0) is 24.3 Å². The highest BCUT2D eigenvalue weighted by Gasteiger charge is 2.27. The fourth-order valence-electron chi connectivity index (χ4n) is 2.58. The monoisotopic (exact) mass is 420 g/mol. The lowest BCUT2D eigenvalue weighted by Gasteiger charge is -2.11. The lowest BCUT2D eigenvalue weighted by Crippen LogP contribution is -2.36. The number of alkyl halides is 3. The van der Waals surface area contributed by atoms with Gasteiger partial charge in [-0.3, -0.25) is 4.40 Å². The smallest absolute Gasteiger partial charge is 0.390 e. The van der Waals surface area contributed by atoms with Crippen molar-refractivity contribution >= 4 is 40.9 Å². The number of nitrogens with two attached hydrogens (primary N) is 1. The molecule has 29 heavy (non-hydrogen) atoms. The molecule has 0 saturated carbocycles. The van der Waals surface area contributed by atoms with Crippen molar-refractivity contribution in [3.05, 3.63) is 54.4 Å². The Morgan fingerprint density at radius 1 is 1.31 bits per heavy atom. The number of amides is 2. The van der Waals surface area contributed by atoms with Gasteiger partial charge in [0.15, 0.2) is 0 Å². The molecule has 0 atom stereocenters. The molecule has 2 aromatic heterocycles. The van der Waals surface area contributed by atoms with E-state index in [2.05, 4.69) is 15.3 Å². The van der Waals surface area contributed by atoms with Gasteiger partial charge in [0.1, 0.15) is 17.2 Å². The van der Waals surface area contributed by atoms with Gasteiger partial charge >= 0.3 is 12.2 Å². The van der Waals surface area contributed by atoms with E-state index in [-0.39, 0.29) is 0 Å². The SMILES string of the molecule is NC=NC(=S)c1ccn2c(-c3cccc(NC(=O)NCC(F)(F)F)c3)cnc2c1. The standard InChI is InChI=1S/C18H15F3N6OS/c19-18(20,21)9-24-17(28)26-13-3-1-2-11(6-13)14-8-23-15-7-12(4-5-27(14)15)16(29)25-10-22/h1-8,10H,9H2,(H2,22,25,29)(H2,24,26,28). The number of rotatable bonds is 4. The molecule has 0 radical (unpaired) electrons. The number of hydrogen-bond donors (Lipinski definition) is 3. The summed E-state index contributed by atoms with van der Waals surface area (Å²) in [6.07, 6.45) is 0.0396. The number of pyridine rings is 1. The third-order valence-electron chi connectivity index (χ3n) is 3.82. The fraction of sp³-hybridized carbons (Fsp3) is 0.111. The van der Waals surface area contributed by atoms with Crippen LogP contribution in [-0.4, -0.2) is 39.5 Å². The van der Waals surface area contributed by atoms with E-state index < -0.39 is 18.8 Å². The van der Waals surface area contributed by atoms with Crippen molar-refractivity contribution in [3.8, 4) is 11.3 Å². The van der Waals surface area contributed by atoms with Gasteiger partial charge < -0.3 is 16.4 Å². The minimum absolute atomic E-state index is 0.329.